The van der Waals surface area contributed by atoms with E-state index in [9.17, 15) is 9.18 Å². The number of hydrogen-bond donors (Lipinski definition) is 1. The second-order valence-corrected chi connectivity index (χ2v) is 4.48. The van der Waals surface area contributed by atoms with Crippen molar-refractivity contribution >= 4 is 11.5 Å². The Balaban J connectivity index is 2.07. The van der Waals surface area contributed by atoms with E-state index < -0.39 is 0 Å². The zero-order valence-corrected chi connectivity index (χ0v) is 9.87. The lowest BCUT2D eigenvalue weighted by atomic mass is 9.86. The molecule has 3 heteroatoms. The molecule has 0 heterocycles. The van der Waals surface area contributed by atoms with Crippen LogP contribution in [0.4, 0.5) is 10.1 Å². The third-order valence-electron chi connectivity index (χ3n) is 3.09. The van der Waals surface area contributed by atoms with Crippen LogP contribution in [0.1, 0.15) is 26.2 Å². The summed E-state index contributed by atoms with van der Waals surface area (Å²) in [5.74, 6) is 0.0428. The molecule has 0 aromatic heterocycles. The summed E-state index contributed by atoms with van der Waals surface area (Å²) in [7, 11) is 0. The molecule has 0 saturated heterocycles. The van der Waals surface area contributed by atoms with E-state index in [1.165, 1.54) is 12.1 Å². The predicted molar refractivity (Wildman–Crippen MR) is 66.1 cm³/mol. The highest BCUT2D eigenvalue weighted by atomic mass is 19.1. The Morgan fingerprint density at radius 3 is 3.06 bits per heavy atom. The molecule has 1 aromatic rings. The van der Waals surface area contributed by atoms with Crippen LogP contribution in [0.5, 0.6) is 0 Å². The minimum Gasteiger partial charge on any atom is -0.361 e. The number of anilines is 1. The molecule has 90 valence electrons. The van der Waals surface area contributed by atoms with Crippen LogP contribution < -0.4 is 5.32 Å². The number of halogens is 1. The van der Waals surface area contributed by atoms with Gasteiger partial charge in [-0.3, -0.25) is 4.79 Å². The number of hydrogen-bond acceptors (Lipinski definition) is 2. The second-order valence-electron chi connectivity index (χ2n) is 4.48. The maximum atomic E-state index is 12.9. The van der Waals surface area contributed by atoms with Crippen molar-refractivity contribution in [2.24, 2.45) is 5.92 Å². The lowest BCUT2D eigenvalue weighted by Crippen LogP contribution is -2.19. The Morgan fingerprint density at radius 2 is 2.29 bits per heavy atom. The average molecular weight is 233 g/mol. The van der Waals surface area contributed by atoms with Crippen molar-refractivity contribution in [1.29, 1.82) is 0 Å². The molecule has 1 aliphatic rings. The van der Waals surface area contributed by atoms with Crippen LogP contribution in [0.2, 0.25) is 0 Å². The molecule has 17 heavy (non-hydrogen) atoms. The van der Waals surface area contributed by atoms with Crippen molar-refractivity contribution in [1.82, 2.24) is 0 Å². The molecule has 2 rings (SSSR count). The van der Waals surface area contributed by atoms with E-state index in [1.807, 2.05) is 6.92 Å². The number of ketones is 1. The summed E-state index contributed by atoms with van der Waals surface area (Å²) in [6.07, 6.45) is 4.54. The van der Waals surface area contributed by atoms with Crippen LogP contribution in [0.15, 0.2) is 36.0 Å². The SMILES string of the molecule is C[C@@H]1CCC/C(=C/Nc2cccc(F)c2)C1=O. The van der Waals surface area contributed by atoms with Gasteiger partial charge < -0.3 is 5.32 Å². The largest absolute Gasteiger partial charge is 0.361 e. The lowest BCUT2D eigenvalue weighted by Gasteiger charge is -2.19. The number of benzene rings is 1. The normalized spacial score (nSPS) is 22.8. The van der Waals surface area contributed by atoms with Gasteiger partial charge in [0.15, 0.2) is 5.78 Å². The average Bonchev–Trinajstić information content (AvgIpc) is 2.31. The van der Waals surface area contributed by atoms with Gasteiger partial charge in [-0.25, -0.2) is 4.39 Å². The molecule has 1 atom stereocenters. The molecule has 0 amide bonds. The molecule has 0 aliphatic heterocycles. The minimum absolute atomic E-state index is 0.115. The van der Waals surface area contributed by atoms with Crippen molar-refractivity contribution in [3.8, 4) is 0 Å². The summed E-state index contributed by atoms with van der Waals surface area (Å²) < 4.78 is 12.9. The first-order valence-electron chi connectivity index (χ1n) is 5.92. The Morgan fingerprint density at radius 1 is 1.47 bits per heavy atom. The van der Waals surface area contributed by atoms with Crippen LogP contribution in [-0.2, 0) is 4.79 Å². The third-order valence-corrected chi connectivity index (χ3v) is 3.09. The van der Waals surface area contributed by atoms with E-state index in [-0.39, 0.29) is 17.5 Å². The zero-order chi connectivity index (χ0) is 12.3. The number of rotatable bonds is 2. The highest BCUT2D eigenvalue weighted by molar-refractivity contribution is 5.97. The van der Waals surface area contributed by atoms with E-state index in [2.05, 4.69) is 5.32 Å². The van der Waals surface area contributed by atoms with Gasteiger partial charge in [0, 0.05) is 23.4 Å². The van der Waals surface area contributed by atoms with Gasteiger partial charge in [-0.1, -0.05) is 13.0 Å². The lowest BCUT2D eigenvalue weighted by molar-refractivity contribution is -0.119. The summed E-state index contributed by atoms with van der Waals surface area (Å²) in [5.41, 5.74) is 1.48. The Labute approximate surface area is 101 Å². The number of carbonyl (C=O) groups excluding carboxylic acids is 1. The van der Waals surface area contributed by atoms with Crippen LogP contribution in [-0.4, -0.2) is 5.78 Å². The summed E-state index contributed by atoms with van der Waals surface area (Å²) in [6, 6.07) is 6.22. The van der Waals surface area contributed by atoms with Gasteiger partial charge >= 0.3 is 0 Å². The first-order valence-corrected chi connectivity index (χ1v) is 5.92. The fraction of sp³-hybridized carbons (Fsp3) is 0.357. The number of carbonyl (C=O) groups is 1. The van der Waals surface area contributed by atoms with Gasteiger partial charge in [-0.05, 0) is 37.5 Å². The molecule has 0 bridgehead atoms. The van der Waals surface area contributed by atoms with E-state index in [0.29, 0.717) is 5.69 Å². The van der Waals surface area contributed by atoms with Crippen molar-refractivity contribution in [3.05, 3.63) is 41.9 Å². The molecule has 1 saturated carbocycles. The molecular formula is C14H16FNO. The van der Waals surface area contributed by atoms with Gasteiger partial charge in [0.05, 0.1) is 0 Å². The summed E-state index contributed by atoms with van der Waals surface area (Å²) >= 11 is 0. The fourth-order valence-corrected chi connectivity index (χ4v) is 2.06. The standard InChI is InChI=1S/C14H16FNO/c1-10-4-2-5-11(14(10)17)9-16-13-7-3-6-12(15)8-13/h3,6-10,16H,2,4-5H2,1H3/b11-9-/t10-/m1/s1. The summed E-state index contributed by atoms with van der Waals surface area (Å²) in [4.78, 5) is 11.8. The third kappa shape index (κ3) is 2.93. The van der Waals surface area contributed by atoms with E-state index in [0.717, 1.165) is 24.8 Å². The number of Topliss-reactive ketones (excluding diaryl/α,β-unsaturated/α-hetero) is 1. The Bertz CT molecular complexity index is 453. The molecule has 1 fully saturated rings. The second kappa shape index (κ2) is 5.13. The molecule has 2 nitrogen and oxygen atoms in total. The van der Waals surface area contributed by atoms with Gasteiger partial charge in [0.2, 0.25) is 0 Å². The maximum Gasteiger partial charge on any atom is 0.163 e. The van der Waals surface area contributed by atoms with Gasteiger partial charge in [0.25, 0.3) is 0 Å². The zero-order valence-electron chi connectivity index (χ0n) is 9.87. The summed E-state index contributed by atoms with van der Waals surface area (Å²) in [5, 5.41) is 2.98. The van der Waals surface area contributed by atoms with Gasteiger partial charge in [-0.15, -0.1) is 0 Å². The van der Waals surface area contributed by atoms with E-state index in [4.69, 9.17) is 0 Å². The molecule has 1 aliphatic carbocycles. The molecule has 0 unspecified atom stereocenters. The minimum atomic E-state index is -0.281. The van der Waals surface area contributed by atoms with Crippen molar-refractivity contribution in [2.75, 3.05) is 5.32 Å². The number of allylic oxidation sites excluding steroid dienone is 1. The first kappa shape index (κ1) is 11.8. The van der Waals surface area contributed by atoms with Gasteiger partial charge in [-0.2, -0.15) is 0 Å². The molecule has 0 spiro atoms. The van der Waals surface area contributed by atoms with Crippen molar-refractivity contribution in [3.63, 3.8) is 0 Å². The molecule has 1 aromatic carbocycles. The quantitative estimate of drug-likeness (QED) is 0.792. The topological polar surface area (TPSA) is 29.1 Å². The Hall–Kier alpha value is -1.64. The van der Waals surface area contributed by atoms with Crippen LogP contribution in [0.25, 0.3) is 0 Å². The highest BCUT2D eigenvalue weighted by Crippen LogP contribution is 2.24. The van der Waals surface area contributed by atoms with Crippen molar-refractivity contribution in [2.45, 2.75) is 26.2 Å². The maximum absolute atomic E-state index is 12.9. The molecule has 0 radical (unpaired) electrons. The van der Waals surface area contributed by atoms with E-state index in [1.54, 1.807) is 18.3 Å². The molecular weight excluding hydrogens is 217 g/mol. The van der Waals surface area contributed by atoms with Crippen molar-refractivity contribution < 1.29 is 9.18 Å². The number of nitrogens with one attached hydrogen (secondary N) is 1. The monoisotopic (exact) mass is 233 g/mol. The van der Waals surface area contributed by atoms with E-state index >= 15 is 0 Å². The first-order chi connectivity index (χ1) is 8.16. The Kier molecular flexibility index (Phi) is 3.57. The van der Waals surface area contributed by atoms with Crippen LogP contribution in [0, 0.1) is 11.7 Å². The van der Waals surface area contributed by atoms with Crippen LogP contribution >= 0.6 is 0 Å². The predicted octanol–water partition coefficient (Wildman–Crippen LogP) is 3.51. The highest BCUT2D eigenvalue weighted by Gasteiger charge is 2.22. The smallest absolute Gasteiger partial charge is 0.163 e. The fourth-order valence-electron chi connectivity index (χ4n) is 2.06. The summed E-state index contributed by atoms with van der Waals surface area (Å²) in [6.45, 7) is 1.96. The molecule has 1 N–H and O–H groups in total. The van der Waals surface area contributed by atoms with Crippen LogP contribution in [0.3, 0.4) is 0 Å². The van der Waals surface area contributed by atoms with Gasteiger partial charge in [0.1, 0.15) is 5.82 Å².